The topological polar surface area (TPSA) is 17.1 Å². The normalized spacial score (nSPS) is 11.5. The molecule has 0 aliphatic rings. The van der Waals surface area contributed by atoms with Crippen LogP contribution in [-0.2, 0) is 6.18 Å². The molecule has 0 amide bonds. The lowest BCUT2D eigenvalue weighted by molar-refractivity contribution is -0.137. The number of alkyl halides is 3. The molecule has 0 saturated heterocycles. The van der Waals surface area contributed by atoms with Gasteiger partial charge in [-0.3, -0.25) is 4.79 Å². The zero-order valence-corrected chi connectivity index (χ0v) is 9.44. The van der Waals surface area contributed by atoms with Gasteiger partial charge in [-0.15, -0.1) is 0 Å². The molecule has 0 fully saturated rings. The molecule has 0 radical (unpaired) electrons. The van der Waals surface area contributed by atoms with Gasteiger partial charge in [-0.25, -0.2) is 0 Å². The molecule has 0 bridgehead atoms. The molecule has 0 spiro atoms. The van der Waals surface area contributed by atoms with Gasteiger partial charge in [-0.05, 0) is 52.4 Å². The summed E-state index contributed by atoms with van der Waals surface area (Å²) in [7, 11) is 0. The van der Waals surface area contributed by atoms with E-state index in [1.165, 1.54) is 6.07 Å². The maximum Gasteiger partial charge on any atom is 0.417 e. The third kappa shape index (κ3) is 2.60. The van der Waals surface area contributed by atoms with E-state index in [2.05, 4.69) is 0 Å². The first-order valence-corrected chi connectivity index (χ1v) is 4.84. The Labute approximate surface area is 96.4 Å². The number of carbonyl (C=O) groups is 1. The molecule has 0 atom stereocenters. The van der Waals surface area contributed by atoms with Gasteiger partial charge in [-0.2, -0.15) is 13.2 Å². The molecule has 1 aromatic rings. The van der Waals surface area contributed by atoms with Gasteiger partial charge in [0.15, 0.2) is 0 Å². The molecule has 14 heavy (non-hydrogen) atoms. The fourth-order valence-electron chi connectivity index (χ4n) is 0.926. The Morgan fingerprint density at radius 3 is 2.36 bits per heavy atom. The van der Waals surface area contributed by atoms with Crippen molar-refractivity contribution in [2.45, 2.75) is 6.18 Å². The lowest BCUT2D eigenvalue weighted by atomic mass is 10.1. The monoisotopic (exact) mass is 334 g/mol. The van der Waals surface area contributed by atoms with Gasteiger partial charge in [-0.1, -0.05) is 0 Å². The second kappa shape index (κ2) is 4.06. The Hall–Kier alpha value is -0.300. The van der Waals surface area contributed by atoms with Crippen LogP contribution < -0.4 is 0 Å². The average Bonchev–Trinajstić information content (AvgIpc) is 2.01. The summed E-state index contributed by atoms with van der Waals surface area (Å²) >= 11 is 6.85. The number of carbonyl (C=O) groups excluding carboxylic acids is 1. The summed E-state index contributed by atoms with van der Waals surface area (Å²) in [4.78, 5) is 10.7. The summed E-state index contributed by atoms with van der Waals surface area (Å²) < 4.78 is 37.5. The Bertz CT molecular complexity index is 375. The lowest BCUT2D eigenvalue weighted by Crippen LogP contribution is -2.10. The van der Waals surface area contributed by atoms with Gasteiger partial charge in [0.05, 0.1) is 5.56 Å². The number of rotatable bonds is 1. The van der Waals surface area contributed by atoms with Gasteiger partial charge in [0.25, 0.3) is 5.24 Å². The zero-order valence-electron chi connectivity index (χ0n) is 6.53. The van der Waals surface area contributed by atoms with E-state index < -0.39 is 22.5 Å². The fourth-order valence-corrected chi connectivity index (χ4v) is 1.57. The number of halogens is 5. The molecule has 0 N–H and O–H groups in total. The van der Waals surface area contributed by atoms with Crippen molar-refractivity contribution in [3.8, 4) is 0 Å². The molecule has 0 aromatic heterocycles. The van der Waals surface area contributed by atoms with E-state index in [1.807, 2.05) is 0 Å². The maximum atomic E-state index is 12.3. The molecular formula is C8H3ClF3IO. The van der Waals surface area contributed by atoms with E-state index in [-0.39, 0.29) is 0 Å². The van der Waals surface area contributed by atoms with Crippen LogP contribution in [0.15, 0.2) is 18.2 Å². The van der Waals surface area contributed by atoms with Crippen LogP contribution in [0.5, 0.6) is 0 Å². The number of hydrogen-bond acceptors (Lipinski definition) is 1. The van der Waals surface area contributed by atoms with Crippen LogP contribution in [0.4, 0.5) is 13.2 Å². The molecule has 1 aromatic carbocycles. The maximum absolute atomic E-state index is 12.3. The predicted octanol–water partition coefficient (Wildman–Crippen LogP) is 3.69. The molecule has 0 saturated carbocycles. The van der Waals surface area contributed by atoms with Gasteiger partial charge in [0, 0.05) is 9.13 Å². The van der Waals surface area contributed by atoms with Crippen molar-refractivity contribution in [3.63, 3.8) is 0 Å². The van der Waals surface area contributed by atoms with Crippen LogP contribution in [0.3, 0.4) is 0 Å². The van der Waals surface area contributed by atoms with Crippen molar-refractivity contribution in [2.75, 3.05) is 0 Å². The van der Waals surface area contributed by atoms with Crippen molar-refractivity contribution in [1.82, 2.24) is 0 Å². The zero-order chi connectivity index (χ0) is 10.9. The van der Waals surface area contributed by atoms with E-state index in [0.29, 0.717) is 3.57 Å². The van der Waals surface area contributed by atoms with Crippen LogP contribution in [-0.4, -0.2) is 5.24 Å². The van der Waals surface area contributed by atoms with Crippen molar-refractivity contribution in [2.24, 2.45) is 0 Å². The highest BCUT2D eigenvalue weighted by molar-refractivity contribution is 14.1. The summed E-state index contributed by atoms with van der Waals surface area (Å²) in [6.45, 7) is 0. The largest absolute Gasteiger partial charge is 0.417 e. The first-order valence-electron chi connectivity index (χ1n) is 3.39. The third-order valence-corrected chi connectivity index (χ3v) is 2.37. The van der Waals surface area contributed by atoms with E-state index in [1.54, 1.807) is 22.6 Å². The molecule has 1 nitrogen and oxygen atoms in total. The molecule has 0 aliphatic carbocycles. The van der Waals surface area contributed by atoms with Crippen molar-refractivity contribution in [1.29, 1.82) is 0 Å². The minimum Gasteiger partial charge on any atom is -0.276 e. The molecule has 6 heteroatoms. The van der Waals surface area contributed by atoms with E-state index in [0.717, 1.165) is 12.1 Å². The average molecular weight is 334 g/mol. The Balaban J connectivity index is 3.37. The number of hydrogen-bond donors (Lipinski definition) is 0. The van der Waals surface area contributed by atoms with Gasteiger partial charge in [0.1, 0.15) is 0 Å². The number of benzene rings is 1. The van der Waals surface area contributed by atoms with Crippen LogP contribution in [0.2, 0.25) is 0 Å². The molecule has 1 rings (SSSR count). The minimum atomic E-state index is -4.55. The second-order valence-corrected chi connectivity index (χ2v) is 4.05. The summed E-state index contributed by atoms with van der Waals surface area (Å²) in [5, 5.41) is -1.10. The highest BCUT2D eigenvalue weighted by atomic mass is 127. The van der Waals surface area contributed by atoms with E-state index in [4.69, 9.17) is 11.6 Å². The SMILES string of the molecule is O=C(Cl)c1cc(I)ccc1C(F)(F)F. The summed E-state index contributed by atoms with van der Waals surface area (Å²) in [5.41, 5.74) is -1.51. The Morgan fingerprint density at radius 1 is 1.36 bits per heavy atom. The van der Waals surface area contributed by atoms with Crippen LogP contribution in [0, 0.1) is 3.57 Å². The second-order valence-electron chi connectivity index (χ2n) is 2.46. The van der Waals surface area contributed by atoms with Crippen molar-refractivity contribution < 1.29 is 18.0 Å². The van der Waals surface area contributed by atoms with Gasteiger partial charge >= 0.3 is 6.18 Å². The first-order chi connectivity index (χ1) is 6.32. The van der Waals surface area contributed by atoms with Crippen molar-refractivity contribution in [3.05, 3.63) is 32.9 Å². The van der Waals surface area contributed by atoms with E-state index in [9.17, 15) is 18.0 Å². The summed E-state index contributed by atoms with van der Waals surface area (Å²) in [6, 6.07) is 3.23. The predicted molar refractivity (Wildman–Crippen MR) is 54.3 cm³/mol. The first kappa shape index (κ1) is 11.8. The van der Waals surface area contributed by atoms with Gasteiger partial charge < -0.3 is 0 Å². The highest BCUT2D eigenvalue weighted by Gasteiger charge is 2.34. The fraction of sp³-hybridized carbons (Fsp3) is 0.125. The third-order valence-electron chi connectivity index (χ3n) is 1.50. The standard InChI is InChI=1S/C8H3ClF3IO/c9-7(14)5-3-4(13)1-2-6(5)8(10,11)12/h1-3H. The van der Waals surface area contributed by atoms with Crippen LogP contribution >= 0.6 is 34.2 Å². The van der Waals surface area contributed by atoms with Gasteiger partial charge in [0.2, 0.25) is 0 Å². The Morgan fingerprint density at radius 2 is 1.93 bits per heavy atom. The highest BCUT2D eigenvalue weighted by Crippen LogP contribution is 2.33. The quantitative estimate of drug-likeness (QED) is 0.565. The summed E-state index contributed by atoms with van der Waals surface area (Å²) in [5.74, 6) is 0. The minimum absolute atomic E-state index is 0.508. The Kier molecular flexibility index (Phi) is 3.41. The van der Waals surface area contributed by atoms with Crippen LogP contribution in [0.1, 0.15) is 15.9 Å². The molecule has 76 valence electrons. The van der Waals surface area contributed by atoms with Crippen molar-refractivity contribution >= 4 is 39.4 Å². The molecule has 0 aliphatic heterocycles. The smallest absolute Gasteiger partial charge is 0.276 e. The molecule has 0 unspecified atom stereocenters. The van der Waals surface area contributed by atoms with E-state index >= 15 is 0 Å². The van der Waals surface area contributed by atoms with Crippen LogP contribution in [0.25, 0.3) is 0 Å². The molecule has 0 heterocycles. The summed E-state index contributed by atoms with van der Waals surface area (Å²) in [6.07, 6.45) is -4.55. The lowest BCUT2D eigenvalue weighted by Gasteiger charge is -2.09. The molecular weight excluding hydrogens is 331 g/mol.